The lowest BCUT2D eigenvalue weighted by atomic mass is 10.2. The fourth-order valence-corrected chi connectivity index (χ4v) is 2.29. The van der Waals surface area contributed by atoms with Crippen molar-refractivity contribution >= 4 is 17.6 Å². The number of carbonyl (C=O) groups excluding carboxylic acids is 1. The minimum absolute atomic E-state index is 0.0271. The molecule has 1 heterocycles. The van der Waals surface area contributed by atoms with E-state index in [0.29, 0.717) is 30.5 Å². The predicted molar refractivity (Wildman–Crippen MR) is 79.3 cm³/mol. The second-order valence-corrected chi connectivity index (χ2v) is 5.02. The van der Waals surface area contributed by atoms with Crippen molar-refractivity contribution in [2.24, 2.45) is 0 Å². The van der Waals surface area contributed by atoms with Gasteiger partial charge in [-0.05, 0) is 24.2 Å². The van der Waals surface area contributed by atoms with Crippen LogP contribution in [0.2, 0.25) is 5.02 Å². The lowest BCUT2D eigenvalue weighted by molar-refractivity contribution is 0.202. The molecule has 2 rings (SSSR count). The summed E-state index contributed by atoms with van der Waals surface area (Å²) >= 11 is 6.19. The molecular weight excluding hydrogens is 278 g/mol. The van der Waals surface area contributed by atoms with Gasteiger partial charge >= 0.3 is 6.03 Å². The molecule has 6 heteroatoms. The van der Waals surface area contributed by atoms with Crippen molar-refractivity contribution in [2.75, 3.05) is 32.8 Å². The van der Waals surface area contributed by atoms with E-state index in [2.05, 4.69) is 17.6 Å². The summed E-state index contributed by atoms with van der Waals surface area (Å²) in [7, 11) is 0. The third-order valence-corrected chi connectivity index (χ3v) is 3.43. The summed E-state index contributed by atoms with van der Waals surface area (Å²) in [6, 6.07) is 5.74. The third-order valence-electron chi connectivity index (χ3n) is 3.14. The summed E-state index contributed by atoms with van der Waals surface area (Å²) in [5.41, 5.74) is 1.13. The van der Waals surface area contributed by atoms with Crippen LogP contribution in [0.1, 0.15) is 12.5 Å². The second kappa shape index (κ2) is 7.36. The lowest BCUT2D eigenvalue weighted by Crippen LogP contribution is -2.31. The third kappa shape index (κ3) is 4.02. The zero-order chi connectivity index (χ0) is 14.4. The summed E-state index contributed by atoms with van der Waals surface area (Å²) in [5, 5.41) is 6.60. The van der Waals surface area contributed by atoms with Crippen LogP contribution in [0.15, 0.2) is 18.2 Å². The number of nitrogens with one attached hydrogen (secondary N) is 2. The van der Waals surface area contributed by atoms with E-state index >= 15 is 0 Å². The van der Waals surface area contributed by atoms with Gasteiger partial charge in [0, 0.05) is 19.6 Å². The fourth-order valence-electron chi connectivity index (χ4n) is 2.03. The highest BCUT2D eigenvalue weighted by Crippen LogP contribution is 2.25. The molecule has 1 aliphatic rings. The molecule has 0 atom stereocenters. The Morgan fingerprint density at radius 2 is 2.35 bits per heavy atom. The van der Waals surface area contributed by atoms with Crippen molar-refractivity contribution in [1.29, 1.82) is 0 Å². The molecule has 2 N–H and O–H groups in total. The molecule has 0 aromatic heterocycles. The number of urea groups is 1. The number of ether oxygens (including phenoxy) is 1. The van der Waals surface area contributed by atoms with Gasteiger partial charge in [-0.25, -0.2) is 4.79 Å². The Balaban J connectivity index is 1.82. The standard InChI is InChI=1S/C14H20ClN3O2/c1-2-16-10-11-3-4-13(12(15)9-11)20-8-7-18-6-5-17-14(18)19/h3-4,9,16H,2,5-8,10H2,1H3,(H,17,19). The minimum Gasteiger partial charge on any atom is -0.490 e. The molecule has 0 bridgehead atoms. The SMILES string of the molecule is CCNCc1ccc(OCCN2CCNC2=O)c(Cl)c1. The molecular formula is C14H20ClN3O2. The number of hydrogen-bond donors (Lipinski definition) is 2. The number of hydrogen-bond acceptors (Lipinski definition) is 3. The number of rotatable bonds is 7. The van der Waals surface area contributed by atoms with Gasteiger partial charge in [-0.3, -0.25) is 0 Å². The summed E-state index contributed by atoms with van der Waals surface area (Å²) in [5.74, 6) is 0.659. The van der Waals surface area contributed by atoms with Crippen LogP contribution in [0, 0.1) is 0 Å². The average Bonchev–Trinajstić information content (AvgIpc) is 2.84. The highest BCUT2D eigenvalue weighted by molar-refractivity contribution is 6.32. The average molecular weight is 298 g/mol. The lowest BCUT2D eigenvalue weighted by Gasteiger charge is -2.15. The van der Waals surface area contributed by atoms with Crippen LogP contribution in [-0.2, 0) is 6.54 Å². The first-order valence-corrected chi connectivity index (χ1v) is 7.23. The van der Waals surface area contributed by atoms with Crippen molar-refractivity contribution in [1.82, 2.24) is 15.5 Å². The van der Waals surface area contributed by atoms with Gasteiger partial charge in [0.05, 0.1) is 11.6 Å². The van der Waals surface area contributed by atoms with Crippen LogP contribution < -0.4 is 15.4 Å². The Bertz CT molecular complexity index is 468. The largest absolute Gasteiger partial charge is 0.490 e. The second-order valence-electron chi connectivity index (χ2n) is 4.61. The number of amides is 2. The van der Waals surface area contributed by atoms with E-state index in [1.807, 2.05) is 18.2 Å². The molecule has 0 aliphatic carbocycles. The maximum atomic E-state index is 11.4. The molecule has 1 aliphatic heterocycles. The normalized spacial score (nSPS) is 14.5. The van der Waals surface area contributed by atoms with E-state index in [-0.39, 0.29) is 6.03 Å². The zero-order valence-corrected chi connectivity index (χ0v) is 12.4. The Kier molecular flexibility index (Phi) is 5.49. The summed E-state index contributed by atoms with van der Waals surface area (Å²) < 4.78 is 5.63. The van der Waals surface area contributed by atoms with E-state index < -0.39 is 0 Å². The van der Waals surface area contributed by atoms with Gasteiger partial charge in [0.15, 0.2) is 0 Å². The van der Waals surface area contributed by atoms with Gasteiger partial charge in [0.1, 0.15) is 12.4 Å². The molecule has 0 radical (unpaired) electrons. The quantitative estimate of drug-likeness (QED) is 0.808. The molecule has 20 heavy (non-hydrogen) atoms. The number of benzene rings is 1. The smallest absolute Gasteiger partial charge is 0.317 e. The van der Waals surface area contributed by atoms with Gasteiger partial charge < -0.3 is 20.3 Å². The van der Waals surface area contributed by atoms with E-state index in [4.69, 9.17) is 16.3 Å². The topological polar surface area (TPSA) is 53.6 Å². The fraction of sp³-hybridized carbons (Fsp3) is 0.500. The Morgan fingerprint density at radius 1 is 1.50 bits per heavy atom. The first-order valence-electron chi connectivity index (χ1n) is 6.85. The summed E-state index contributed by atoms with van der Waals surface area (Å²) in [4.78, 5) is 13.1. The van der Waals surface area contributed by atoms with Gasteiger partial charge in [0.2, 0.25) is 0 Å². The van der Waals surface area contributed by atoms with Crippen molar-refractivity contribution in [3.8, 4) is 5.75 Å². The van der Waals surface area contributed by atoms with Crippen LogP contribution >= 0.6 is 11.6 Å². The van der Waals surface area contributed by atoms with Gasteiger partial charge in [-0.1, -0.05) is 24.6 Å². The van der Waals surface area contributed by atoms with E-state index in [1.165, 1.54) is 0 Å². The molecule has 0 spiro atoms. The van der Waals surface area contributed by atoms with E-state index in [9.17, 15) is 4.79 Å². The van der Waals surface area contributed by atoms with Crippen molar-refractivity contribution in [3.63, 3.8) is 0 Å². The van der Waals surface area contributed by atoms with Crippen LogP contribution in [0.25, 0.3) is 0 Å². The van der Waals surface area contributed by atoms with Gasteiger partial charge in [-0.15, -0.1) is 0 Å². The van der Waals surface area contributed by atoms with Crippen molar-refractivity contribution in [2.45, 2.75) is 13.5 Å². The molecule has 1 aromatic carbocycles. The highest BCUT2D eigenvalue weighted by atomic mass is 35.5. The monoisotopic (exact) mass is 297 g/mol. The van der Waals surface area contributed by atoms with Gasteiger partial charge in [0.25, 0.3) is 0 Å². The van der Waals surface area contributed by atoms with Gasteiger partial charge in [-0.2, -0.15) is 0 Å². The first-order chi connectivity index (χ1) is 9.70. The van der Waals surface area contributed by atoms with E-state index in [0.717, 1.165) is 25.2 Å². The highest BCUT2D eigenvalue weighted by Gasteiger charge is 2.18. The molecule has 110 valence electrons. The maximum Gasteiger partial charge on any atom is 0.317 e. The predicted octanol–water partition coefficient (Wildman–Crippen LogP) is 1.85. The number of nitrogens with zero attached hydrogens (tertiary/aromatic N) is 1. The zero-order valence-electron chi connectivity index (χ0n) is 11.6. The Hall–Kier alpha value is -1.46. The first kappa shape index (κ1) is 14.9. The van der Waals surface area contributed by atoms with Crippen LogP contribution in [-0.4, -0.2) is 43.7 Å². The summed E-state index contributed by atoms with van der Waals surface area (Å²) in [6.45, 7) is 6.24. The molecule has 1 fully saturated rings. The summed E-state index contributed by atoms with van der Waals surface area (Å²) in [6.07, 6.45) is 0. The molecule has 1 aromatic rings. The maximum absolute atomic E-state index is 11.4. The molecule has 2 amide bonds. The molecule has 1 saturated heterocycles. The van der Waals surface area contributed by atoms with Crippen LogP contribution in [0.3, 0.4) is 0 Å². The molecule has 0 unspecified atom stereocenters. The molecule has 0 saturated carbocycles. The van der Waals surface area contributed by atoms with E-state index in [1.54, 1.807) is 4.90 Å². The van der Waals surface area contributed by atoms with Crippen LogP contribution in [0.5, 0.6) is 5.75 Å². The number of carbonyl (C=O) groups is 1. The number of halogens is 1. The Labute approximate surface area is 124 Å². The van der Waals surface area contributed by atoms with Crippen molar-refractivity contribution < 1.29 is 9.53 Å². The van der Waals surface area contributed by atoms with Crippen molar-refractivity contribution in [3.05, 3.63) is 28.8 Å². The van der Waals surface area contributed by atoms with Crippen LogP contribution in [0.4, 0.5) is 4.79 Å². The minimum atomic E-state index is -0.0271. The molecule has 5 nitrogen and oxygen atoms in total. The Morgan fingerprint density at radius 3 is 3.00 bits per heavy atom.